The fourth-order valence-electron chi connectivity index (χ4n) is 3.36. The van der Waals surface area contributed by atoms with Crippen molar-refractivity contribution >= 4 is 23.3 Å². The number of carboxylic acid groups (broad SMARTS) is 1. The van der Waals surface area contributed by atoms with Gasteiger partial charge in [0.2, 0.25) is 0 Å². The van der Waals surface area contributed by atoms with Crippen molar-refractivity contribution in [2.24, 2.45) is 0 Å². The van der Waals surface area contributed by atoms with Gasteiger partial charge in [-0.1, -0.05) is 0 Å². The smallest absolute Gasteiger partial charge is 0.335 e. The van der Waals surface area contributed by atoms with Crippen LogP contribution in [0, 0.1) is 20.2 Å². The van der Waals surface area contributed by atoms with Crippen LogP contribution in [0.2, 0.25) is 0 Å². The number of ether oxygens (including phenoxy) is 2. The van der Waals surface area contributed by atoms with Crippen LogP contribution in [0.15, 0.2) is 36.4 Å². The highest BCUT2D eigenvalue weighted by Crippen LogP contribution is 2.28. The van der Waals surface area contributed by atoms with Gasteiger partial charge in [0.15, 0.2) is 11.5 Å². The zero-order valence-electron chi connectivity index (χ0n) is 19.4. The molecule has 0 spiro atoms. The van der Waals surface area contributed by atoms with Crippen molar-refractivity contribution in [3.63, 3.8) is 0 Å². The van der Waals surface area contributed by atoms with Gasteiger partial charge in [-0.3, -0.25) is 25.0 Å². The molecule has 0 unspecified atom stereocenters. The van der Waals surface area contributed by atoms with E-state index in [0.29, 0.717) is 0 Å². The summed E-state index contributed by atoms with van der Waals surface area (Å²) in [5.74, 6) is -1.30. The van der Waals surface area contributed by atoms with Crippen molar-refractivity contribution in [3.8, 4) is 11.5 Å². The van der Waals surface area contributed by atoms with E-state index in [9.17, 15) is 29.8 Å². The number of hydrogen-bond donors (Lipinski definition) is 2. The molecule has 0 atom stereocenters. The van der Waals surface area contributed by atoms with E-state index in [2.05, 4.69) is 10.2 Å². The lowest BCUT2D eigenvalue weighted by Gasteiger charge is -2.29. The molecule has 1 aliphatic rings. The molecule has 2 aromatic carbocycles. The second-order valence-corrected chi connectivity index (χ2v) is 7.64. The van der Waals surface area contributed by atoms with Crippen molar-refractivity contribution in [1.82, 2.24) is 10.2 Å². The van der Waals surface area contributed by atoms with E-state index < -0.39 is 15.8 Å². The molecule has 0 aromatic heterocycles. The highest BCUT2D eigenvalue weighted by Gasteiger charge is 2.22. The molecule has 188 valence electrons. The molecule has 35 heavy (non-hydrogen) atoms. The number of rotatable bonds is 7. The van der Waals surface area contributed by atoms with Gasteiger partial charge >= 0.3 is 17.3 Å². The number of amides is 1. The molecule has 0 radical (unpaired) electrons. The molecule has 3 rings (SSSR count). The highest BCUT2D eigenvalue weighted by molar-refractivity contribution is 5.95. The molecule has 2 aromatic rings. The van der Waals surface area contributed by atoms with Crippen LogP contribution < -0.4 is 14.8 Å². The summed E-state index contributed by atoms with van der Waals surface area (Å²) in [7, 11) is 4.69. The molecule has 1 saturated heterocycles. The SMILES string of the molecule is COc1ccc(C(=O)NC2CCN(C)CC2)cc1[N+](=O)[O-].COc1ccc(C(=O)O)cc1[N+](=O)[O-]. The van der Waals surface area contributed by atoms with E-state index in [1.54, 1.807) is 0 Å². The number of nitrogens with zero attached hydrogens (tertiary/aromatic N) is 3. The predicted molar refractivity (Wildman–Crippen MR) is 124 cm³/mol. The Labute approximate surface area is 200 Å². The topological polar surface area (TPSA) is 174 Å². The van der Waals surface area contributed by atoms with Gasteiger partial charge in [0.25, 0.3) is 5.91 Å². The molecule has 0 bridgehead atoms. The molecule has 0 saturated carbocycles. The lowest BCUT2D eigenvalue weighted by atomic mass is 10.0. The number of nitro groups is 2. The van der Waals surface area contributed by atoms with Gasteiger partial charge in [-0.25, -0.2) is 4.79 Å². The summed E-state index contributed by atoms with van der Waals surface area (Å²) < 4.78 is 9.63. The third kappa shape index (κ3) is 7.37. The zero-order valence-corrected chi connectivity index (χ0v) is 19.4. The van der Waals surface area contributed by atoms with Crippen LogP contribution in [-0.4, -0.2) is 72.1 Å². The summed E-state index contributed by atoms with van der Waals surface area (Å²) in [5, 5.41) is 33.0. The van der Waals surface area contributed by atoms with Gasteiger partial charge in [0.05, 0.1) is 29.6 Å². The summed E-state index contributed by atoms with van der Waals surface area (Å²) in [4.78, 5) is 45.1. The lowest BCUT2D eigenvalue weighted by Crippen LogP contribution is -2.43. The maximum Gasteiger partial charge on any atom is 0.335 e. The molecule has 1 amide bonds. The number of carboxylic acids is 1. The average molecular weight is 490 g/mol. The Balaban J connectivity index is 0.000000269. The number of likely N-dealkylation sites (tertiary alicyclic amines) is 1. The van der Waals surface area contributed by atoms with Crippen LogP contribution in [0.1, 0.15) is 33.6 Å². The molecule has 2 N–H and O–H groups in total. The second-order valence-electron chi connectivity index (χ2n) is 7.64. The second kappa shape index (κ2) is 12.3. The highest BCUT2D eigenvalue weighted by atomic mass is 16.6. The Bertz CT molecular complexity index is 1100. The number of carbonyl (C=O) groups excluding carboxylic acids is 1. The number of benzene rings is 2. The molecule has 0 aliphatic carbocycles. The van der Waals surface area contributed by atoms with Crippen molar-refractivity contribution in [2.45, 2.75) is 18.9 Å². The Morgan fingerprint density at radius 2 is 1.40 bits per heavy atom. The minimum absolute atomic E-state index is 0.0417. The number of nitrogens with one attached hydrogen (secondary N) is 1. The van der Waals surface area contributed by atoms with Gasteiger partial charge in [-0.15, -0.1) is 0 Å². The zero-order chi connectivity index (χ0) is 26.1. The third-order valence-corrected chi connectivity index (χ3v) is 5.31. The fourth-order valence-corrected chi connectivity index (χ4v) is 3.36. The van der Waals surface area contributed by atoms with E-state index in [1.807, 2.05) is 7.05 Å². The Kier molecular flexibility index (Phi) is 9.46. The van der Waals surface area contributed by atoms with Gasteiger partial charge in [-0.05, 0) is 57.2 Å². The Morgan fingerprint density at radius 1 is 0.943 bits per heavy atom. The molecule has 13 heteroatoms. The van der Waals surface area contributed by atoms with Crippen LogP contribution in [-0.2, 0) is 0 Å². The van der Waals surface area contributed by atoms with Crippen LogP contribution in [0.3, 0.4) is 0 Å². The van der Waals surface area contributed by atoms with Crippen LogP contribution >= 0.6 is 0 Å². The number of aromatic carboxylic acids is 1. The largest absolute Gasteiger partial charge is 0.490 e. The first-order valence-corrected chi connectivity index (χ1v) is 10.4. The number of methoxy groups -OCH3 is 2. The first-order chi connectivity index (χ1) is 16.6. The van der Waals surface area contributed by atoms with Crippen molar-refractivity contribution < 1.29 is 34.0 Å². The van der Waals surface area contributed by atoms with Gasteiger partial charge in [-0.2, -0.15) is 0 Å². The van der Waals surface area contributed by atoms with Gasteiger partial charge in [0.1, 0.15) is 0 Å². The predicted octanol–water partition coefficient (Wildman–Crippen LogP) is 2.73. The Hall–Kier alpha value is -4.26. The number of piperidine rings is 1. The van der Waals surface area contributed by atoms with Crippen LogP contribution in [0.25, 0.3) is 0 Å². The van der Waals surface area contributed by atoms with Crippen molar-refractivity contribution in [1.29, 1.82) is 0 Å². The van der Waals surface area contributed by atoms with E-state index in [-0.39, 0.29) is 45.9 Å². The van der Waals surface area contributed by atoms with E-state index in [1.165, 1.54) is 44.6 Å². The number of hydrogen-bond acceptors (Lipinski definition) is 9. The summed E-state index contributed by atoms with van der Waals surface area (Å²) in [6.07, 6.45) is 1.78. The molecule has 1 heterocycles. The molecule has 1 fully saturated rings. The lowest BCUT2D eigenvalue weighted by molar-refractivity contribution is -0.385. The summed E-state index contributed by atoms with van der Waals surface area (Å²) >= 11 is 0. The summed E-state index contributed by atoms with van der Waals surface area (Å²) in [6, 6.07) is 7.81. The summed E-state index contributed by atoms with van der Waals surface area (Å²) in [5.41, 5.74) is -0.417. The first-order valence-electron chi connectivity index (χ1n) is 10.4. The van der Waals surface area contributed by atoms with E-state index in [4.69, 9.17) is 14.6 Å². The van der Waals surface area contributed by atoms with Crippen molar-refractivity contribution in [3.05, 3.63) is 67.8 Å². The number of nitro benzene ring substituents is 2. The Morgan fingerprint density at radius 3 is 1.83 bits per heavy atom. The molecule has 13 nitrogen and oxygen atoms in total. The third-order valence-electron chi connectivity index (χ3n) is 5.31. The van der Waals surface area contributed by atoms with Gasteiger partial charge in [0, 0.05) is 23.7 Å². The van der Waals surface area contributed by atoms with Gasteiger partial charge < -0.3 is 24.8 Å². The van der Waals surface area contributed by atoms with Crippen molar-refractivity contribution in [2.75, 3.05) is 34.4 Å². The fraction of sp³-hybridized carbons (Fsp3) is 0.364. The van der Waals surface area contributed by atoms with E-state index in [0.717, 1.165) is 32.0 Å². The minimum Gasteiger partial charge on any atom is -0.490 e. The maximum absolute atomic E-state index is 12.2. The minimum atomic E-state index is -1.21. The first kappa shape index (κ1) is 27.0. The maximum atomic E-state index is 12.2. The standard InChI is InChI=1S/C14H19N3O4.C8H7NO5/c1-16-7-5-11(6-8-16)15-14(18)10-3-4-13(21-2)12(9-10)17(19)20;1-14-7-3-2-5(8(10)11)4-6(7)9(12)13/h3-4,9,11H,5-8H2,1-2H3,(H,15,18);2-4H,1H3,(H,10,11). The monoisotopic (exact) mass is 490 g/mol. The number of carbonyl (C=O) groups is 2. The quantitative estimate of drug-likeness (QED) is 0.434. The molecule has 1 aliphatic heterocycles. The molecular formula is C22H26N4O9. The van der Waals surface area contributed by atoms with Crippen LogP contribution in [0.4, 0.5) is 11.4 Å². The summed E-state index contributed by atoms with van der Waals surface area (Å²) in [6.45, 7) is 1.88. The average Bonchev–Trinajstić information content (AvgIpc) is 2.84. The molecular weight excluding hydrogens is 464 g/mol. The van der Waals surface area contributed by atoms with E-state index >= 15 is 0 Å². The normalized spacial score (nSPS) is 13.7. The van der Waals surface area contributed by atoms with Crippen LogP contribution in [0.5, 0.6) is 11.5 Å².